The van der Waals surface area contributed by atoms with Gasteiger partial charge in [0.05, 0.1) is 23.5 Å². The lowest BCUT2D eigenvalue weighted by Crippen LogP contribution is -2.27. The number of carbonyl (C=O) groups is 2. The standard InChI is InChI=1S/C32H28BrN3O4S/c1-39-28-17-24(16-27(33)30(28)40-20-23-10-6-3-7-11-23)18-34-35-31(38)25-12-14-26(15-13-25)32-36(29(37)21-41-32)19-22-8-4-2-5-9-22/h2-18,32H,19-21H2,1H3,(H,35,38)/b34-18-/t32-/m0/s1. The third-order valence-corrected chi connectivity index (χ3v) is 8.32. The molecule has 0 aromatic heterocycles. The summed E-state index contributed by atoms with van der Waals surface area (Å²) in [6, 6.07) is 30.7. The lowest BCUT2D eigenvalue weighted by molar-refractivity contribution is -0.128. The summed E-state index contributed by atoms with van der Waals surface area (Å²) >= 11 is 5.14. The fourth-order valence-corrected chi connectivity index (χ4v) is 6.16. The molecule has 0 radical (unpaired) electrons. The SMILES string of the molecule is COc1cc(/C=N\NC(=O)c2ccc([C@@H]3SCC(=O)N3Cc3ccccc3)cc2)cc(Br)c1OCc1ccccc1. The van der Waals surface area contributed by atoms with Crippen LogP contribution in [0.1, 0.15) is 38.0 Å². The smallest absolute Gasteiger partial charge is 0.271 e. The zero-order chi connectivity index (χ0) is 28.6. The van der Waals surface area contributed by atoms with Crippen molar-refractivity contribution in [1.82, 2.24) is 10.3 Å². The minimum absolute atomic E-state index is 0.0918. The number of hydrazone groups is 1. The zero-order valence-electron chi connectivity index (χ0n) is 22.3. The number of rotatable bonds is 10. The first-order valence-electron chi connectivity index (χ1n) is 12.9. The molecule has 1 fully saturated rings. The molecule has 4 aromatic rings. The molecule has 208 valence electrons. The molecule has 0 aliphatic carbocycles. The topological polar surface area (TPSA) is 80.2 Å². The fourth-order valence-electron chi connectivity index (χ4n) is 4.39. The van der Waals surface area contributed by atoms with E-state index in [9.17, 15) is 9.59 Å². The molecule has 0 saturated carbocycles. The Morgan fingerprint density at radius 3 is 2.39 bits per heavy atom. The molecule has 1 heterocycles. The van der Waals surface area contributed by atoms with E-state index >= 15 is 0 Å². The molecule has 0 spiro atoms. The van der Waals surface area contributed by atoms with E-state index in [1.54, 1.807) is 43.3 Å². The van der Waals surface area contributed by atoms with Crippen LogP contribution in [0.4, 0.5) is 0 Å². The largest absolute Gasteiger partial charge is 0.493 e. The predicted molar refractivity (Wildman–Crippen MR) is 165 cm³/mol. The molecule has 1 N–H and O–H groups in total. The van der Waals surface area contributed by atoms with Gasteiger partial charge in [0.1, 0.15) is 12.0 Å². The van der Waals surface area contributed by atoms with Crippen molar-refractivity contribution in [2.75, 3.05) is 12.9 Å². The molecule has 5 rings (SSSR count). The molecule has 4 aromatic carbocycles. The lowest BCUT2D eigenvalue weighted by Gasteiger charge is -2.24. The molecule has 0 bridgehead atoms. The highest BCUT2D eigenvalue weighted by Gasteiger charge is 2.32. The second-order valence-electron chi connectivity index (χ2n) is 9.30. The van der Waals surface area contributed by atoms with Crippen molar-refractivity contribution in [1.29, 1.82) is 0 Å². The first-order chi connectivity index (χ1) is 20.0. The van der Waals surface area contributed by atoms with Gasteiger partial charge in [0.25, 0.3) is 5.91 Å². The number of hydrogen-bond acceptors (Lipinski definition) is 6. The number of methoxy groups -OCH3 is 1. The molecule has 1 atom stereocenters. The summed E-state index contributed by atoms with van der Waals surface area (Å²) in [5, 5.41) is 4.04. The summed E-state index contributed by atoms with van der Waals surface area (Å²) < 4.78 is 12.2. The second-order valence-corrected chi connectivity index (χ2v) is 11.2. The van der Waals surface area contributed by atoms with Crippen molar-refractivity contribution >= 4 is 45.7 Å². The van der Waals surface area contributed by atoms with E-state index in [2.05, 4.69) is 26.5 Å². The van der Waals surface area contributed by atoms with Gasteiger partial charge in [-0.05, 0) is 62.4 Å². The molecule has 0 unspecified atom stereocenters. The van der Waals surface area contributed by atoms with Gasteiger partial charge in [0.15, 0.2) is 11.5 Å². The van der Waals surface area contributed by atoms with E-state index in [-0.39, 0.29) is 17.2 Å². The van der Waals surface area contributed by atoms with Gasteiger partial charge < -0.3 is 14.4 Å². The van der Waals surface area contributed by atoms with Crippen molar-refractivity contribution in [3.63, 3.8) is 0 Å². The van der Waals surface area contributed by atoms with Crippen molar-refractivity contribution in [3.05, 3.63) is 129 Å². The highest BCUT2D eigenvalue weighted by Crippen LogP contribution is 2.40. The first-order valence-corrected chi connectivity index (χ1v) is 14.8. The van der Waals surface area contributed by atoms with Crippen LogP contribution in [0.25, 0.3) is 0 Å². The minimum atomic E-state index is -0.335. The van der Waals surface area contributed by atoms with Crippen LogP contribution in [0.5, 0.6) is 11.5 Å². The summed E-state index contributed by atoms with van der Waals surface area (Å²) in [5.41, 5.74) is 6.87. The molecule has 1 aliphatic rings. The maximum absolute atomic E-state index is 12.7. The van der Waals surface area contributed by atoms with Crippen LogP contribution in [0.2, 0.25) is 0 Å². The molecular formula is C32H28BrN3O4S. The molecule has 7 nitrogen and oxygen atoms in total. The Hall–Kier alpha value is -4.08. The Morgan fingerprint density at radius 1 is 1.02 bits per heavy atom. The number of halogens is 1. The quantitative estimate of drug-likeness (QED) is 0.158. The number of nitrogens with zero attached hydrogens (tertiary/aromatic N) is 2. The van der Waals surface area contributed by atoms with Crippen LogP contribution in [-0.2, 0) is 17.9 Å². The van der Waals surface area contributed by atoms with Gasteiger partial charge in [-0.1, -0.05) is 72.8 Å². The zero-order valence-corrected chi connectivity index (χ0v) is 24.7. The molecule has 2 amide bonds. The van der Waals surface area contributed by atoms with Gasteiger partial charge in [-0.15, -0.1) is 11.8 Å². The average Bonchev–Trinajstić information content (AvgIpc) is 3.36. The number of hydrogen-bond donors (Lipinski definition) is 1. The Morgan fingerprint density at radius 2 is 1.71 bits per heavy atom. The number of nitrogens with one attached hydrogen (secondary N) is 1. The summed E-state index contributed by atoms with van der Waals surface area (Å²) in [6.07, 6.45) is 1.54. The molecule has 1 saturated heterocycles. The first kappa shape index (κ1) is 28.4. The van der Waals surface area contributed by atoms with Gasteiger partial charge in [-0.25, -0.2) is 5.43 Å². The molecule has 1 aliphatic heterocycles. The lowest BCUT2D eigenvalue weighted by atomic mass is 10.1. The summed E-state index contributed by atoms with van der Waals surface area (Å²) in [6.45, 7) is 0.953. The number of thioether (sulfide) groups is 1. The maximum atomic E-state index is 12.7. The van der Waals surface area contributed by atoms with Crippen molar-refractivity contribution in [2.45, 2.75) is 18.5 Å². The summed E-state index contributed by atoms with van der Waals surface area (Å²) in [4.78, 5) is 27.2. The van der Waals surface area contributed by atoms with Crippen LogP contribution >= 0.6 is 27.7 Å². The van der Waals surface area contributed by atoms with E-state index in [1.807, 2.05) is 83.8 Å². The van der Waals surface area contributed by atoms with Crippen LogP contribution in [0.15, 0.2) is 107 Å². The van der Waals surface area contributed by atoms with Crippen LogP contribution in [0.3, 0.4) is 0 Å². The summed E-state index contributed by atoms with van der Waals surface area (Å²) in [7, 11) is 1.57. The van der Waals surface area contributed by atoms with Crippen LogP contribution in [0, 0.1) is 0 Å². The number of carbonyl (C=O) groups excluding carboxylic acids is 2. The van der Waals surface area contributed by atoms with E-state index < -0.39 is 0 Å². The Kier molecular flexibility index (Phi) is 9.38. The van der Waals surface area contributed by atoms with Gasteiger partial charge in [0.2, 0.25) is 5.91 Å². The molecule has 41 heavy (non-hydrogen) atoms. The Bertz CT molecular complexity index is 1530. The van der Waals surface area contributed by atoms with E-state index in [1.165, 1.54) is 0 Å². The highest BCUT2D eigenvalue weighted by atomic mass is 79.9. The van der Waals surface area contributed by atoms with Gasteiger partial charge >= 0.3 is 0 Å². The predicted octanol–water partition coefficient (Wildman–Crippen LogP) is 6.57. The molecular weight excluding hydrogens is 602 g/mol. The van der Waals surface area contributed by atoms with E-state index in [0.29, 0.717) is 40.4 Å². The van der Waals surface area contributed by atoms with Crippen molar-refractivity contribution in [2.24, 2.45) is 5.10 Å². The van der Waals surface area contributed by atoms with Gasteiger partial charge in [-0.3, -0.25) is 9.59 Å². The fraction of sp³-hybridized carbons (Fsp3) is 0.156. The minimum Gasteiger partial charge on any atom is -0.493 e. The third kappa shape index (κ3) is 7.17. The average molecular weight is 631 g/mol. The highest BCUT2D eigenvalue weighted by molar-refractivity contribution is 9.10. The van der Waals surface area contributed by atoms with Crippen LogP contribution < -0.4 is 14.9 Å². The van der Waals surface area contributed by atoms with Crippen molar-refractivity contribution < 1.29 is 19.1 Å². The summed E-state index contributed by atoms with van der Waals surface area (Å²) in [5.74, 6) is 1.34. The van der Waals surface area contributed by atoms with E-state index in [4.69, 9.17) is 9.47 Å². The molecule has 9 heteroatoms. The van der Waals surface area contributed by atoms with Crippen molar-refractivity contribution in [3.8, 4) is 11.5 Å². The Labute approximate surface area is 251 Å². The van der Waals surface area contributed by atoms with Gasteiger partial charge in [0, 0.05) is 12.1 Å². The van der Waals surface area contributed by atoms with Gasteiger partial charge in [-0.2, -0.15) is 5.10 Å². The monoisotopic (exact) mass is 629 g/mol. The van der Waals surface area contributed by atoms with E-state index in [0.717, 1.165) is 22.3 Å². The number of benzene rings is 4. The number of amides is 2. The maximum Gasteiger partial charge on any atom is 0.271 e. The Balaban J connectivity index is 1.20. The normalized spacial score (nSPS) is 14.8. The second kappa shape index (κ2) is 13.5. The van der Waals surface area contributed by atoms with Crippen LogP contribution in [-0.4, -0.2) is 35.8 Å². The number of ether oxygens (including phenoxy) is 2. The third-order valence-electron chi connectivity index (χ3n) is 6.48.